The molecule has 0 aliphatic heterocycles. The summed E-state index contributed by atoms with van der Waals surface area (Å²) < 4.78 is 2.04. The van der Waals surface area contributed by atoms with Gasteiger partial charge in [0, 0.05) is 36.1 Å². The lowest BCUT2D eigenvalue weighted by atomic mass is 10.1. The number of aromatic nitrogens is 3. The van der Waals surface area contributed by atoms with Crippen molar-refractivity contribution in [2.24, 2.45) is 0 Å². The molecule has 3 rings (SSSR count). The molecule has 26 heavy (non-hydrogen) atoms. The summed E-state index contributed by atoms with van der Waals surface area (Å²) in [5.74, 6) is 0.663. The average molecular weight is 352 g/mol. The van der Waals surface area contributed by atoms with Crippen molar-refractivity contribution >= 4 is 28.6 Å². The van der Waals surface area contributed by atoms with Crippen molar-refractivity contribution in [1.82, 2.24) is 19.4 Å². The Balaban J connectivity index is 2.06. The van der Waals surface area contributed by atoms with Gasteiger partial charge >= 0.3 is 0 Å². The van der Waals surface area contributed by atoms with Gasteiger partial charge in [0.15, 0.2) is 0 Å². The molecule has 0 saturated heterocycles. The minimum atomic E-state index is -0.146. The first-order valence-electron chi connectivity index (χ1n) is 8.81. The molecule has 4 N–H and O–H groups in total. The molecule has 0 aliphatic rings. The largest absolute Gasteiger partial charge is 0.385 e. The van der Waals surface area contributed by atoms with Gasteiger partial charge < -0.3 is 20.9 Å². The first kappa shape index (κ1) is 17.7. The van der Waals surface area contributed by atoms with Gasteiger partial charge in [0.05, 0.1) is 5.69 Å². The third-order valence-corrected chi connectivity index (χ3v) is 4.56. The Labute approximate surface area is 152 Å². The van der Waals surface area contributed by atoms with Gasteiger partial charge in [-0.2, -0.15) is 0 Å². The van der Waals surface area contributed by atoms with Crippen LogP contribution >= 0.6 is 0 Å². The van der Waals surface area contributed by atoms with Crippen LogP contribution in [0.1, 0.15) is 31.3 Å². The van der Waals surface area contributed by atoms with Crippen LogP contribution in [0.3, 0.4) is 0 Å². The number of hydrogen-bond acceptors (Lipinski definition) is 5. The monoisotopic (exact) mass is 352 g/mol. The minimum Gasteiger partial charge on any atom is -0.385 e. The molecular weight excluding hydrogens is 328 g/mol. The molecule has 0 unspecified atom stereocenters. The topological polar surface area (TPSA) is 103 Å². The van der Waals surface area contributed by atoms with Gasteiger partial charge in [0.2, 0.25) is 5.95 Å². The van der Waals surface area contributed by atoms with E-state index in [9.17, 15) is 4.79 Å². The van der Waals surface area contributed by atoms with Crippen LogP contribution in [-0.4, -0.2) is 38.4 Å². The zero-order chi connectivity index (χ0) is 18.8. The van der Waals surface area contributed by atoms with Gasteiger partial charge in [-0.25, -0.2) is 9.97 Å². The fourth-order valence-electron chi connectivity index (χ4n) is 3.20. The lowest BCUT2D eigenvalue weighted by Crippen LogP contribution is -2.31. The molecule has 1 aromatic carbocycles. The first-order chi connectivity index (χ1) is 12.5. The zero-order valence-corrected chi connectivity index (χ0v) is 15.4. The average Bonchev–Trinajstić information content (AvgIpc) is 2.96. The third-order valence-electron chi connectivity index (χ3n) is 4.56. The summed E-state index contributed by atoms with van der Waals surface area (Å²) in [6.45, 7) is 7.96. The van der Waals surface area contributed by atoms with E-state index in [1.165, 1.54) is 0 Å². The van der Waals surface area contributed by atoms with Crippen LogP contribution in [-0.2, 0) is 6.54 Å². The van der Waals surface area contributed by atoms with Crippen LogP contribution in [0.5, 0.6) is 0 Å². The minimum absolute atomic E-state index is 0.0868. The maximum atomic E-state index is 12.6. The van der Waals surface area contributed by atoms with Gasteiger partial charge in [-0.1, -0.05) is 6.07 Å². The molecule has 136 valence electrons. The Kier molecular flexibility index (Phi) is 4.79. The van der Waals surface area contributed by atoms with Crippen molar-refractivity contribution in [3.63, 3.8) is 0 Å². The summed E-state index contributed by atoms with van der Waals surface area (Å²) >= 11 is 0. The molecule has 7 nitrogen and oxygen atoms in total. The number of fused-ring (bicyclic) bond motifs is 1. The van der Waals surface area contributed by atoms with E-state index >= 15 is 0 Å². The Morgan fingerprint density at radius 1 is 1.08 bits per heavy atom. The van der Waals surface area contributed by atoms with E-state index in [0.717, 1.165) is 28.8 Å². The van der Waals surface area contributed by atoms with E-state index in [0.29, 0.717) is 24.5 Å². The van der Waals surface area contributed by atoms with Crippen LogP contribution < -0.4 is 11.5 Å². The number of carbonyl (C=O) groups excluding carboxylic acids is 1. The molecule has 0 saturated carbocycles. The molecule has 0 radical (unpaired) electrons. The van der Waals surface area contributed by atoms with Gasteiger partial charge in [-0.3, -0.25) is 4.79 Å². The van der Waals surface area contributed by atoms with E-state index in [1.54, 1.807) is 11.0 Å². The highest BCUT2D eigenvalue weighted by Gasteiger charge is 2.17. The number of nitrogens with zero attached hydrogens (tertiary/aromatic N) is 4. The van der Waals surface area contributed by atoms with E-state index in [2.05, 4.69) is 16.9 Å². The van der Waals surface area contributed by atoms with Crippen molar-refractivity contribution in [3.8, 4) is 11.3 Å². The first-order valence-corrected chi connectivity index (χ1v) is 8.81. The smallest absolute Gasteiger partial charge is 0.272 e. The van der Waals surface area contributed by atoms with Crippen LogP contribution in [0, 0.1) is 0 Å². The van der Waals surface area contributed by atoms with Crippen molar-refractivity contribution in [2.45, 2.75) is 27.3 Å². The highest BCUT2D eigenvalue weighted by atomic mass is 16.2. The number of amides is 1. The number of anilines is 2. The molecular formula is C19H24N6O. The number of carbonyl (C=O) groups is 1. The third kappa shape index (κ3) is 3.08. The van der Waals surface area contributed by atoms with Crippen molar-refractivity contribution in [1.29, 1.82) is 0 Å². The second kappa shape index (κ2) is 7.03. The molecule has 0 bridgehead atoms. The SMILES string of the molecule is CCN(CC)C(=O)c1cc(-c2ccc3c(c2)cc(N)n3CC)nc(N)n1. The Morgan fingerprint density at radius 3 is 2.46 bits per heavy atom. The Hall–Kier alpha value is -3.09. The normalized spacial score (nSPS) is 11.0. The Bertz CT molecular complexity index is 958. The number of nitrogen functional groups attached to an aromatic ring is 2. The number of rotatable bonds is 5. The van der Waals surface area contributed by atoms with Crippen LogP contribution in [0.4, 0.5) is 11.8 Å². The second-order valence-electron chi connectivity index (χ2n) is 6.06. The maximum absolute atomic E-state index is 12.6. The lowest BCUT2D eigenvalue weighted by Gasteiger charge is -2.18. The highest BCUT2D eigenvalue weighted by molar-refractivity contribution is 5.94. The molecule has 2 heterocycles. The van der Waals surface area contributed by atoms with Crippen molar-refractivity contribution in [2.75, 3.05) is 24.6 Å². The fourth-order valence-corrected chi connectivity index (χ4v) is 3.20. The highest BCUT2D eigenvalue weighted by Crippen LogP contribution is 2.27. The van der Waals surface area contributed by atoms with E-state index in [1.807, 2.05) is 42.7 Å². The molecule has 1 amide bonds. The standard InChI is InChI=1S/C19H24N6O/c1-4-24(5-2)18(26)15-11-14(22-19(21)23-15)12-7-8-16-13(9-12)10-17(20)25(16)6-3/h7-11H,4-6,20H2,1-3H3,(H2,21,22,23). The number of nitrogens with two attached hydrogens (primary N) is 2. The van der Waals surface area contributed by atoms with Crippen LogP contribution in [0.15, 0.2) is 30.3 Å². The van der Waals surface area contributed by atoms with Gasteiger partial charge in [0.1, 0.15) is 11.5 Å². The molecule has 0 fully saturated rings. The Morgan fingerprint density at radius 2 is 1.81 bits per heavy atom. The van der Waals surface area contributed by atoms with Crippen LogP contribution in [0.2, 0.25) is 0 Å². The second-order valence-corrected chi connectivity index (χ2v) is 6.06. The lowest BCUT2D eigenvalue weighted by molar-refractivity contribution is 0.0767. The van der Waals surface area contributed by atoms with E-state index < -0.39 is 0 Å². The van der Waals surface area contributed by atoms with Crippen molar-refractivity contribution in [3.05, 3.63) is 36.0 Å². The zero-order valence-electron chi connectivity index (χ0n) is 15.4. The van der Waals surface area contributed by atoms with Gasteiger partial charge in [-0.15, -0.1) is 0 Å². The predicted molar refractivity (Wildman–Crippen MR) is 105 cm³/mol. The van der Waals surface area contributed by atoms with Crippen molar-refractivity contribution < 1.29 is 4.79 Å². The molecule has 0 aliphatic carbocycles. The fraction of sp³-hybridized carbons (Fsp3) is 0.316. The summed E-state index contributed by atoms with van der Waals surface area (Å²) in [5.41, 5.74) is 14.8. The molecule has 0 atom stereocenters. The maximum Gasteiger partial charge on any atom is 0.272 e. The van der Waals surface area contributed by atoms with Gasteiger partial charge in [-0.05, 0) is 45.0 Å². The number of aryl methyl sites for hydroxylation is 1. The number of benzene rings is 1. The van der Waals surface area contributed by atoms with E-state index in [4.69, 9.17) is 11.5 Å². The molecule has 3 aromatic rings. The van der Waals surface area contributed by atoms with E-state index in [-0.39, 0.29) is 11.9 Å². The summed E-state index contributed by atoms with van der Waals surface area (Å²) in [4.78, 5) is 22.7. The molecule has 7 heteroatoms. The molecule has 2 aromatic heterocycles. The number of hydrogen-bond donors (Lipinski definition) is 2. The van der Waals surface area contributed by atoms with Gasteiger partial charge in [0.25, 0.3) is 5.91 Å². The summed E-state index contributed by atoms with van der Waals surface area (Å²) in [5, 5.41) is 1.02. The van der Waals surface area contributed by atoms with Crippen LogP contribution in [0.25, 0.3) is 22.2 Å². The summed E-state index contributed by atoms with van der Waals surface area (Å²) in [6.07, 6.45) is 0. The quantitative estimate of drug-likeness (QED) is 0.735. The summed E-state index contributed by atoms with van der Waals surface area (Å²) in [6, 6.07) is 9.61. The molecule has 0 spiro atoms. The predicted octanol–water partition coefficient (Wildman–Crippen LogP) is 2.76. The summed E-state index contributed by atoms with van der Waals surface area (Å²) in [7, 11) is 0.